The lowest BCUT2D eigenvalue weighted by molar-refractivity contribution is 0.0999. The average molecular weight is 501 g/mol. The molecule has 0 aliphatic carbocycles. The quantitative estimate of drug-likeness (QED) is 0.542. The third-order valence-corrected chi connectivity index (χ3v) is 5.23. The van der Waals surface area contributed by atoms with Crippen molar-refractivity contribution < 1.29 is 14.0 Å². The second kappa shape index (κ2) is 11.4. The number of pyridine rings is 1. The van der Waals surface area contributed by atoms with Crippen molar-refractivity contribution in [3.05, 3.63) is 53.4 Å². The van der Waals surface area contributed by atoms with E-state index >= 15 is 0 Å². The summed E-state index contributed by atoms with van der Waals surface area (Å²) in [7, 11) is 2.04. The van der Waals surface area contributed by atoms with Crippen LogP contribution >= 0.6 is 36.4 Å². The summed E-state index contributed by atoms with van der Waals surface area (Å²) in [6, 6.07) is 10.2. The number of carbonyl (C=O) groups excluding carboxylic acids is 2. The molecular weight excluding hydrogens is 477 g/mol. The fraction of sp³-hybridized carbons (Fsp3) is 0.286. The number of furan rings is 1. The van der Waals surface area contributed by atoms with Crippen LogP contribution in [0.1, 0.15) is 17.0 Å². The summed E-state index contributed by atoms with van der Waals surface area (Å²) in [5, 5.41) is 6.70. The zero-order valence-corrected chi connectivity index (χ0v) is 19.7. The van der Waals surface area contributed by atoms with Crippen LogP contribution in [0.5, 0.6) is 0 Å². The Morgan fingerprint density at radius 1 is 1.03 bits per heavy atom. The normalized spacial score (nSPS) is 14.1. The number of benzene rings is 1. The van der Waals surface area contributed by atoms with Gasteiger partial charge in [0.2, 0.25) is 5.76 Å². The fourth-order valence-electron chi connectivity index (χ4n) is 3.39. The first-order valence-corrected chi connectivity index (χ1v) is 10.1. The van der Waals surface area contributed by atoms with E-state index in [4.69, 9.17) is 16.0 Å². The Morgan fingerprint density at radius 3 is 2.56 bits per heavy atom. The number of rotatable bonds is 3. The summed E-state index contributed by atoms with van der Waals surface area (Å²) in [4.78, 5) is 33.9. The zero-order chi connectivity index (χ0) is 21.1. The van der Waals surface area contributed by atoms with Crippen molar-refractivity contribution in [1.82, 2.24) is 14.8 Å². The number of likely N-dealkylation sites (N-methyl/N-ethyl adjacent to an activating group) is 1. The first-order valence-electron chi connectivity index (χ1n) is 9.70. The predicted molar refractivity (Wildman–Crippen MR) is 131 cm³/mol. The Hall–Kier alpha value is -2.52. The number of para-hydroxylation sites is 1. The average Bonchev–Trinajstić information content (AvgIpc) is 2.95. The maximum absolute atomic E-state index is 12.9. The number of nitrogens with one attached hydrogen (secondary N) is 2. The van der Waals surface area contributed by atoms with E-state index in [2.05, 4.69) is 20.5 Å². The molecule has 8 nitrogen and oxygen atoms in total. The van der Waals surface area contributed by atoms with E-state index in [-0.39, 0.29) is 36.6 Å². The molecule has 0 atom stereocenters. The highest BCUT2D eigenvalue weighted by atomic mass is 35.5. The molecule has 0 bridgehead atoms. The number of nitrogens with zero attached hydrogens (tertiary/aromatic N) is 3. The minimum Gasteiger partial charge on any atom is -0.449 e. The molecule has 0 saturated carbocycles. The summed E-state index contributed by atoms with van der Waals surface area (Å²) in [6.45, 7) is 3.02. The van der Waals surface area contributed by atoms with Crippen LogP contribution in [0, 0.1) is 0 Å². The molecular formula is C21H24Cl3N5O3. The minimum absolute atomic E-state index is 0. The predicted octanol–water partition coefficient (Wildman–Crippen LogP) is 4.75. The van der Waals surface area contributed by atoms with Crippen LogP contribution in [0.4, 0.5) is 16.3 Å². The van der Waals surface area contributed by atoms with Crippen LogP contribution in [0.25, 0.3) is 11.0 Å². The Bertz CT molecular complexity index is 1070. The molecule has 1 saturated heterocycles. The summed E-state index contributed by atoms with van der Waals surface area (Å²) in [5.74, 6) is -0.155. The van der Waals surface area contributed by atoms with Gasteiger partial charge in [-0.1, -0.05) is 23.7 Å². The van der Waals surface area contributed by atoms with Gasteiger partial charge in [-0.2, -0.15) is 0 Å². The SMILES string of the molecule is CN1CCCN(C(=O)Nc2c(C(=O)Nc3ccc(Cl)cn3)oc3ccccc23)CC1.Cl.Cl. The lowest BCUT2D eigenvalue weighted by Gasteiger charge is -2.21. The van der Waals surface area contributed by atoms with Crippen molar-refractivity contribution in [3.63, 3.8) is 0 Å². The maximum atomic E-state index is 12.9. The van der Waals surface area contributed by atoms with Gasteiger partial charge in [-0.05, 0) is 44.3 Å². The molecule has 3 heterocycles. The van der Waals surface area contributed by atoms with Gasteiger partial charge in [0.05, 0.1) is 5.02 Å². The van der Waals surface area contributed by atoms with E-state index < -0.39 is 5.91 Å². The number of amides is 3. The molecule has 4 rings (SSSR count). The number of carbonyl (C=O) groups is 2. The molecule has 2 aromatic heterocycles. The molecule has 0 spiro atoms. The molecule has 32 heavy (non-hydrogen) atoms. The summed E-state index contributed by atoms with van der Waals surface area (Å²) in [5.41, 5.74) is 0.859. The second-order valence-corrected chi connectivity index (χ2v) is 7.63. The van der Waals surface area contributed by atoms with Gasteiger partial charge >= 0.3 is 6.03 Å². The lowest BCUT2D eigenvalue weighted by atomic mass is 10.2. The number of fused-ring (bicyclic) bond motifs is 1. The highest BCUT2D eigenvalue weighted by Gasteiger charge is 2.25. The zero-order valence-electron chi connectivity index (χ0n) is 17.3. The van der Waals surface area contributed by atoms with Crippen LogP contribution in [0.2, 0.25) is 5.02 Å². The van der Waals surface area contributed by atoms with Crippen molar-refractivity contribution in [3.8, 4) is 0 Å². The summed E-state index contributed by atoms with van der Waals surface area (Å²) >= 11 is 5.85. The van der Waals surface area contributed by atoms with Crippen LogP contribution < -0.4 is 10.6 Å². The molecule has 3 aromatic rings. The minimum atomic E-state index is -0.507. The van der Waals surface area contributed by atoms with E-state index in [0.29, 0.717) is 40.6 Å². The lowest BCUT2D eigenvalue weighted by Crippen LogP contribution is -2.37. The smallest absolute Gasteiger partial charge is 0.322 e. The molecule has 172 valence electrons. The van der Waals surface area contributed by atoms with Crippen molar-refractivity contribution in [1.29, 1.82) is 0 Å². The molecule has 1 aliphatic rings. The number of anilines is 2. The van der Waals surface area contributed by atoms with Gasteiger partial charge in [-0.3, -0.25) is 4.79 Å². The molecule has 1 fully saturated rings. The topological polar surface area (TPSA) is 90.7 Å². The fourth-order valence-corrected chi connectivity index (χ4v) is 3.50. The third kappa shape index (κ3) is 5.83. The highest BCUT2D eigenvalue weighted by molar-refractivity contribution is 6.30. The van der Waals surface area contributed by atoms with Gasteiger partial charge in [0.15, 0.2) is 0 Å². The number of hydrogen-bond donors (Lipinski definition) is 2. The maximum Gasteiger partial charge on any atom is 0.322 e. The number of urea groups is 1. The first-order chi connectivity index (χ1) is 14.5. The number of hydrogen-bond acceptors (Lipinski definition) is 5. The molecule has 3 amide bonds. The van der Waals surface area contributed by atoms with E-state index in [1.807, 2.05) is 25.2 Å². The summed E-state index contributed by atoms with van der Waals surface area (Å²) in [6.07, 6.45) is 2.33. The van der Waals surface area contributed by atoms with Crippen molar-refractivity contribution in [2.45, 2.75) is 6.42 Å². The number of aromatic nitrogens is 1. The van der Waals surface area contributed by atoms with Gasteiger partial charge in [0, 0.05) is 31.2 Å². The Morgan fingerprint density at radius 2 is 1.81 bits per heavy atom. The van der Waals surface area contributed by atoms with Gasteiger partial charge in [0.1, 0.15) is 17.1 Å². The van der Waals surface area contributed by atoms with Crippen molar-refractivity contribution in [2.75, 3.05) is 43.9 Å². The highest BCUT2D eigenvalue weighted by Crippen LogP contribution is 2.31. The second-order valence-electron chi connectivity index (χ2n) is 7.19. The van der Waals surface area contributed by atoms with E-state index in [0.717, 1.165) is 19.5 Å². The molecule has 2 N–H and O–H groups in total. The standard InChI is InChI=1S/C21H22ClN5O3.2ClH/c1-26-9-4-10-27(12-11-26)21(29)25-18-15-5-2-3-6-16(15)30-19(18)20(28)24-17-8-7-14(22)13-23-17;;/h2-3,5-8,13H,4,9-12H2,1H3,(H,25,29)(H,23,24,28);2*1H. The van der Waals surface area contributed by atoms with Gasteiger partial charge < -0.3 is 24.9 Å². The third-order valence-electron chi connectivity index (χ3n) is 5.01. The Kier molecular flexibility index (Phi) is 9.15. The van der Waals surface area contributed by atoms with E-state index in [9.17, 15) is 9.59 Å². The molecule has 11 heteroatoms. The number of halogens is 3. The van der Waals surface area contributed by atoms with Gasteiger partial charge in [0.25, 0.3) is 5.91 Å². The van der Waals surface area contributed by atoms with Gasteiger partial charge in [-0.25, -0.2) is 9.78 Å². The van der Waals surface area contributed by atoms with Crippen LogP contribution in [0.15, 0.2) is 47.0 Å². The molecule has 1 aliphatic heterocycles. The molecule has 0 unspecified atom stereocenters. The summed E-state index contributed by atoms with van der Waals surface area (Å²) < 4.78 is 5.78. The largest absolute Gasteiger partial charge is 0.449 e. The van der Waals surface area contributed by atoms with E-state index in [1.54, 1.807) is 23.1 Å². The van der Waals surface area contributed by atoms with Crippen LogP contribution in [-0.4, -0.2) is 59.9 Å². The monoisotopic (exact) mass is 499 g/mol. The van der Waals surface area contributed by atoms with Crippen LogP contribution in [-0.2, 0) is 0 Å². The van der Waals surface area contributed by atoms with Crippen molar-refractivity contribution >= 4 is 70.8 Å². The Balaban J connectivity index is 0.00000181. The van der Waals surface area contributed by atoms with E-state index in [1.165, 1.54) is 6.20 Å². The van der Waals surface area contributed by atoms with Crippen LogP contribution in [0.3, 0.4) is 0 Å². The Labute approximate surface area is 203 Å². The molecule has 1 aromatic carbocycles. The van der Waals surface area contributed by atoms with Gasteiger partial charge in [-0.15, -0.1) is 24.8 Å². The molecule has 0 radical (unpaired) electrons. The first kappa shape index (κ1) is 25.7. The van der Waals surface area contributed by atoms with Crippen molar-refractivity contribution in [2.24, 2.45) is 0 Å².